The van der Waals surface area contributed by atoms with Crippen molar-refractivity contribution < 1.29 is 27.8 Å². The zero-order valence-electron chi connectivity index (χ0n) is 9.28. The smallest absolute Gasteiger partial charge is 0.432 e. The van der Waals surface area contributed by atoms with Crippen LogP contribution in [0, 0.1) is 5.41 Å². The Morgan fingerprint density at radius 2 is 2.22 bits per heavy atom. The fourth-order valence-corrected chi connectivity index (χ4v) is 1.67. The van der Waals surface area contributed by atoms with Gasteiger partial charge in [0.25, 0.3) is 0 Å². The first-order chi connectivity index (χ1) is 8.34. The third-order valence-electron chi connectivity index (χ3n) is 3.05. The third kappa shape index (κ3) is 2.41. The predicted octanol–water partition coefficient (Wildman–Crippen LogP) is 2.52. The highest BCUT2D eigenvalue weighted by Gasteiger charge is 2.62. The van der Waals surface area contributed by atoms with Gasteiger partial charge in [-0.3, -0.25) is 0 Å². The molecular formula is C10H11F3N2O3. The van der Waals surface area contributed by atoms with Gasteiger partial charge in [-0.2, -0.15) is 17.9 Å². The second kappa shape index (κ2) is 4.18. The summed E-state index contributed by atoms with van der Waals surface area (Å²) in [7, 11) is 0. The van der Waals surface area contributed by atoms with Crippen LogP contribution < -0.4 is 4.74 Å². The molecule has 1 fully saturated rings. The van der Waals surface area contributed by atoms with E-state index in [0.29, 0.717) is 4.68 Å². The summed E-state index contributed by atoms with van der Waals surface area (Å²) in [5.74, 6) is 0.00961. The fraction of sp³-hybridized carbons (Fsp3) is 0.600. The van der Waals surface area contributed by atoms with Gasteiger partial charge in [0.05, 0.1) is 12.0 Å². The number of ether oxygens (including phenoxy) is 1. The van der Waals surface area contributed by atoms with Gasteiger partial charge >= 0.3 is 12.3 Å². The van der Waals surface area contributed by atoms with E-state index >= 15 is 0 Å². The second-order valence-corrected chi connectivity index (χ2v) is 4.26. The number of alkyl halides is 3. The normalized spacial score (nSPS) is 17.5. The minimum absolute atomic E-state index is 0.00961. The Hall–Kier alpha value is -1.73. The van der Waals surface area contributed by atoms with Gasteiger partial charge in [-0.15, -0.1) is 5.10 Å². The molecule has 0 bridgehead atoms. The Morgan fingerprint density at radius 3 is 2.67 bits per heavy atom. The van der Waals surface area contributed by atoms with Crippen molar-refractivity contribution in [1.82, 2.24) is 9.78 Å². The van der Waals surface area contributed by atoms with E-state index in [9.17, 15) is 18.0 Å². The van der Waals surface area contributed by atoms with Crippen molar-refractivity contribution in [2.75, 3.05) is 6.61 Å². The van der Waals surface area contributed by atoms with Crippen LogP contribution in [0.5, 0.6) is 5.88 Å². The first-order valence-corrected chi connectivity index (χ1v) is 5.33. The number of hydrogen-bond donors (Lipinski definition) is 1. The lowest BCUT2D eigenvalue weighted by atomic mass is 10.0. The van der Waals surface area contributed by atoms with Gasteiger partial charge in [-0.05, 0) is 19.3 Å². The van der Waals surface area contributed by atoms with E-state index in [-0.39, 0.29) is 31.7 Å². The summed E-state index contributed by atoms with van der Waals surface area (Å²) in [6.45, 7) is -0.129. The van der Waals surface area contributed by atoms with E-state index in [0.717, 1.165) is 6.20 Å². The number of carbonyl (C=O) groups is 1. The molecule has 1 heterocycles. The molecule has 8 heteroatoms. The van der Waals surface area contributed by atoms with Crippen molar-refractivity contribution >= 4 is 6.09 Å². The Kier molecular flexibility index (Phi) is 2.95. The maximum Gasteiger partial charge on any atom is 0.432 e. The van der Waals surface area contributed by atoms with E-state index in [4.69, 9.17) is 9.84 Å². The Labute approximate surface area is 100 Å². The molecule has 1 aromatic rings. The number of carboxylic acid groups (broad SMARTS) is 1. The average Bonchev–Trinajstić information content (AvgIpc) is 2.89. The molecule has 0 radical (unpaired) electrons. The SMILES string of the molecule is O=C(O)n1ccc(OCCC2(C(F)(F)F)CC2)n1. The zero-order valence-corrected chi connectivity index (χ0v) is 9.28. The van der Waals surface area contributed by atoms with Gasteiger partial charge in [0.2, 0.25) is 5.88 Å². The van der Waals surface area contributed by atoms with Crippen molar-refractivity contribution in [3.63, 3.8) is 0 Å². The minimum Gasteiger partial charge on any atom is -0.477 e. The molecule has 0 unspecified atom stereocenters. The maximum atomic E-state index is 12.6. The van der Waals surface area contributed by atoms with Crippen LogP contribution in [0.3, 0.4) is 0 Å². The molecule has 1 aromatic heterocycles. The van der Waals surface area contributed by atoms with Crippen molar-refractivity contribution in [2.24, 2.45) is 5.41 Å². The van der Waals surface area contributed by atoms with Gasteiger partial charge in [-0.1, -0.05) is 0 Å². The van der Waals surface area contributed by atoms with E-state index in [1.165, 1.54) is 6.07 Å². The standard InChI is InChI=1S/C10H11F3N2O3/c11-10(12,13)9(2-3-9)4-6-18-7-1-5-15(14-7)8(16)17/h1,5H,2-4,6H2,(H,16,17). The molecule has 1 aliphatic carbocycles. The lowest BCUT2D eigenvalue weighted by Gasteiger charge is -2.18. The van der Waals surface area contributed by atoms with Crippen LogP contribution in [0.2, 0.25) is 0 Å². The zero-order chi connectivity index (χ0) is 13.4. The van der Waals surface area contributed by atoms with Gasteiger partial charge in [-0.25, -0.2) is 4.79 Å². The molecule has 0 spiro atoms. The Morgan fingerprint density at radius 1 is 1.56 bits per heavy atom. The summed E-state index contributed by atoms with van der Waals surface area (Å²) in [4.78, 5) is 10.5. The second-order valence-electron chi connectivity index (χ2n) is 4.26. The molecule has 0 aromatic carbocycles. The monoisotopic (exact) mass is 264 g/mol. The van der Waals surface area contributed by atoms with Gasteiger partial charge in [0.1, 0.15) is 0 Å². The van der Waals surface area contributed by atoms with E-state index in [2.05, 4.69) is 5.10 Å². The highest BCUT2D eigenvalue weighted by molar-refractivity contribution is 5.66. The molecule has 18 heavy (non-hydrogen) atoms. The van der Waals surface area contributed by atoms with Gasteiger partial charge in [0, 0.05) is 12.3 Å². The van der Waals surface area contributed by atoms with Crippen LogP contribution >= 0.6 is 0 Å². The van der Waals surface area contributed by atoms with Gasteiger partial charge < -0.3 is 9.84 Å². The highest BCUT2D eigenvalue weighted by Crippen LogP contribution is 2.59. The predicted molar refractivity (Wildman–Crippen MR) is 53.5 cm³/mol. The Bertz CT molecular complexity index is 451. The number of aromatic nitrogens is 2. The quantitative estimate of drug-likeness (QED) is 0.907. The van der Waals surface area contributed by atoms with Crippen molar-refractivity contribution in [3.05, 3.63) is 12.3 Å². The van der Waals surface area contributed by atoms with Gasteiger partial charge in [0.15, 0.2) is 0 Å². The number of halogens is 3. The summed E-state index contributed by atoms with van der Waals surface area (Å²) in [6, 6.07) is 1.29. The summed E-state index contributed by atoms with van der Waals surface area (Å²) < 4.78 is 43.4. The molecule has 0 atom stereocenters. The van der Waals surface area contributed by atoms with Crippen LogP contribution in [0.25, 0.3) is 0 Å². The molecule has 100 valence electrons. The van der Waals surface area contributed by atoms with Crippen LogP contribution in [-0.4, -0.2) is 33.8 Å². The molecule has 0 aliphatic heterocycles. The van der Waals surface area contributed by atoms with Crippen molar-refractivity contribution in [1.29, 1.82) is 0 Å². The van der Waals surface area contributed by atoms with E-state index in [1.54, 1.807) is 0 Å². The first-order valence-electron chi connectivity index (χ1n) is 5.33. The first kappa shape index (κ1) is 12.7. The summed E-state index contributed by atoms with van der Waals surface area (Å²) in [6.07, 6.45) is -4.19. The van der Waals surface area contributed by atoms with Crippen LogP contribution in [0.15, 0.2) is 12.3 Å². The molecule has 1 aliphatic rings. The minimum atomic E-state index is -4.20. The van der Waals surface area contributed by atoms with Crippen molar-refractivity contribution in [3.8, 4) is 5.88 Å². The molecule has 1 N–H and O–H groups in total. The molecule has 0 amide bonds. The topological polar surface area (TPSA) is 64.3 Å². The largest absolute Gasteiger partial charge is 0.477 e. The lowest BCUT2D eigenvalue weighted by Crippen LogP contribution is -2.26. The average molecular weight is 264 g/mol. The molecule has 0 saturated heterocycles. The summed E-state index contributed by atoms with van der Waals surface area (Å²) >= 11 is 0. The maximum absolute atomic E-state index is 12.6. The van der Waals surface area contributed by atoms with Crippen LogP contribution in [-0.2, 0) is 0 Å². The molecule has 1 saturated carbocycles. The van der Waals surface area contributed by atoms with E-state index < -0.39 is 17.7 Å². The number of nitrogens with zero attached hydrogens (tertiary/aromatic N) is 2. The van der Waals surface area contributed by atoms with Crippen molar-refractivity contribution in [2.45, 2.75) is 25.4 Å². The lowest BCUT2D eigenvalue weighted by molar-refractivity contribution is -0.190. The highest BCUT2D eigenvalue weighted by atomic mass is 19.4. The summed E-state index contributed by atoms with van der Waals surface area (Å²) in [5.41, 5.74) is -1.61. The summed E-state index contributed by atoms with van der Waals surface area (Å²) in [5, 5.41) is 12.1. The number of hydrogen-bond acceptors (Lipinski definition) is 3. The van der Waals surface area contributed by atoms with Crippen LogP contribution in [0.1, 0.15) is 19.3 Å². The Balaban J connectivity index is 1.84. The fourth-order valence-electron chi connectivity index (χ4n) is 1.67. The third-order valence-corrected chi connectivity index (χ3v) is 3.05. The van der Waals surface area contributed by atoms with Crippen LogP contribution in [0.4, 0.5) is 18.0 Å². The molecule has 2 rings (SSSR count). The molecule has 5 nitrogen and oxygen atoms in total. The number of rotatable bonds is 4. The molecular weight excluding hydrogens is 253 g/mol. The van der Waals surface area contributed by atoms with E-state index in [1.807, 2.05) is 0 Å².